The van der Waals surface area contributed by atoms with Crippen molar-refractivity contribution in [2.75, 3.05) is 13.7 Å². The summed E-state index contributed by atoms with van der Waals surface area (Å²) in [6.07, 6.45) is 5.68. The molecule has 1 aromatic heterocycles. The minimum atomic E-state index is -0.209. The molecule has 0 atom stereocenters. The number of H-pyrrole nitrogens is 1. The first-order chi connectivity index (χ1) is 13.7. The number of rotatable bonds is 8. The molecule has 3 aromatic rings. The minimum absolute atomic E-state index is 0.204. The maximum absolute atomic E-state index is 12.1. The van der Waals surface area contributed by atoms with Gasteiger partial charge in [-0.1, -0.05) is 36.4 Å². The van der Waals surface area contributed by atoms with Gasteiger partial charge in [0.2, 0.25) is 5.91 Å². The van der Waals surface area contributed by atoms with Crippen molar-refractivity contribution in [3.8, 4) is 5.75 Å². The van der Waals surface area contributed by atoms with Crippen LogP contribution in [0, 0.1) is 0 Å². The van der Waals surface area contributed by atoms with Crippen LogP contribution in [0.15, 0.2) is 65.5 Å². The monoisotopic (exact) mass is 376 g/mol. The summed E-state index contributed by atoms with van der Waals surface area (Å²) in [5, 5.41) is 3.78. The third-order valence-corrected chi connectivity index (χ3v) is 4.56. The van der Waals surface area contributed by atoms with Crippen LogP contribution in [0.4, 0.5) is 0 Å². The zero-order chi connectivity index (χ0) is 19.8. The molecule has 0 fully saturated rings. The Morgan fingerprint density at radius 3 is 2.75 bits per heavy atom. The van der Waals surface area contributed by atoms with Gasteiger partial charge in [0.15, 0.2) is 0 Å². The topological polar surface area (TPSA) is 71.2 Å². The number of fused-ring (bicyclic) bond motifs is 1. The van der Waals surface area contributed by atoms with E-state index in [-0.39, 0.29) is 11.5 Å². The van der Waals surface area contributed by atoms with Crippen LogP contribution in [-0.4, -0.2) is 24.5 Å². The van der Waals surface area contributed by atoms with Crippen molar-refractivity contribution < 1.29 is 9.53 Å². The zero-order valence-corrected chi connectivity index (χ0v) is 15.9. The SMILES string of the molecule is COc1ccccc1CCCCNC(=O)/C=C/c1cc2ccccc2[nH]c1=O. The standard InChI is InChI=1S/C23H24N2O3/c1-28-21-12-5-3-8-17(21)9-6-7-15-24-22(26)14-13-19-16-18-10-2-4-11-20(18)25-23(19)27/h2-5,8,10-14,16H,6-7,9,15H2,1H3,(H,24,26)(H,25,27)/b14-13+. The van der Waals surface area contributed by atoms with Crippen molar-refractivity contribution >= 4 is 22.9 Å². The number of nitrogens with one attached hydrogen (secondary N) is 2. The number of pyridine rings is 1. The fourth-order valence-corrected chi connectivity index (χ4v) is 3.07. The number of ether oxygens (including phenoxy) is 1. The van der Waals surface area contributed by atoms with Crippen molar-refractivity contribution in [1.82, 2.24) is 10.3 Å². The highest BCUT2D eigenvalue weighted by atomic mass is 16.5. The number of methoxy groups -OCH3 is 1. The number of carbonyl (C=O) groups excluding carboxylic acids is 1. The second-order valence-corrected chi connectivity index (χ2v) is 6.53. The van der Waals surface area contributed by atoms with Gasteiger partial charge in [-0.2, -0.15) is 0 Å². The van der Waals surface area contributed by atoms with Gasteiger partial charge < -0.3 is 15.0 Å². The molecule has 2 N–H and O–H groups in total. The van der Waals surface area contributed by atoms with Crippen LogP contribution >= 0.6 is 0 Å². The van der Waals surface area contributed by atoms with Gasteiger partial charge in [-0.15, -0.1) is 0 Å². The number of para-hydroxylation sites is 2. The summed E-state index contributed by atoms with van der Waals surface area (Å²) < 4.78 is 5.34. The van der Waals surface area contributed by atoms with Crippen LogP contribution in [0.1, 0.15) is 24.0 Å². The second kappa shape index (κ2) is 9.55. The van der Waals surface area contributed by atoms with E-state index in [0.717, 1.165) is 35.9 Å². The van der Waals surface area contributed by atoms with E-state index < -0.39 is 0 Å². The Bertz CT molecular complexity index is 1040. The van der Waals surface area contributed by atoms with Gasteiger partial charge in [0.05, 0.1) is 7.11 Å². The Labute approximate surface area is 164 Å². The van der Waals surface area contributed by atoms with Gasteiger partial charge in [0.25, 0.3) is 5.56 Å². The number of aromatic nitrogens is 1. The lowest BCUT2D eigenvalue weighted by atomic mass is 10.1. The average molecular weight is 376 g/mol. The molecule has 0 spiro atoms. The van der Waals surface area contributed by atoms with Crippen molar-refractivity contribution in [3.05, 3.63) is 82.2 Å². The molecule has 1 heterocycles. The van der Waals surface area contributed by atoms with E-state index in [0.29, 0.717) is 12.1 Å². The molecule has 0 aliphatic rings. The summed E-state index contributed by atoms with van der Waals surface area (Å²) in [7, 11) is 1.67. The van der Waals surface area contributed by atoms with Gasteiger partial charge in [-0.3, -0.25) is 9.59 Å². The van der Waals surface area contributed by atoms with Crippen LogP contribution in [0.25, 0.3) is 17.0 Å². The van der Waals surface area contributed by atoms with Crippen molar-refractivity contribution in [2.24, 2.45) is 0 Å². The predicted octanol–water partition coefficient (Wildman–Crippen LogP) is 3.69. The Kier molecular flexibility index (Phi) is 6.63. The Balaban J connectivity index is 1.47. The number of hydrogen-bond donors (Lipinski definition) is 2. The Hall–Kier alpha value is -3.34. The molecule has 0 bridgehead atoms. The van der Waals surface area contributed by atoms with Crippen LogP contribution in [0.2, 0.25) is 0 Å². The largest absolute Gasteiger partial charge is 0.496 e. The van der Waals surface area contributed by atoms with E-state index in [2.05, 4.69) is 16.4 Å². The minimum Gasteiger partial charge on any atom is -0.496 e. The van der Waals surface area contributed by atoms with E-state index in [1.54, 1.807) is 19.3 Å². The third kappa shape index (κ3) is 5.10. The first-order valence-corrected chi connectivity index (χ1v) is 9.37. The van der Waals surface area contributed by atoms with E-state index in [1.807, 2.05) is 42.5 Å². The van der Waals surface area contributed by atoms with Crippen molar-refractivity contribution in [3.63, 3.8) is 0 Å². The molecule has 3 rings (SSSR count). The van der Waals surface area contributed by atoms with E-state index in [9.17, 15) is 9.59 Å². The summed E-state index contributed by atoms with van der Waals surface area (Å²) in [6.45, 7) is 0.590. The van der Waals surface area contributed by atoms with Gasteiger partial charge in [-0.05, 0) is 54.5 Å². The van der Waals surface area contributed by atoms with Gasteiger partial charge in [0, 0.05) is 23.7 Å². The lowest BCUT2D eigenvalue weighted by molar-refractivity contribution is -0.116. The second-order valence-electron chi connectivity index (χ2n) is 6.53. The molecule has 144 valence electrons. The van der Waals surface area contributed by atoms with Crippen LogP contribution in [0.3, 0.4) is 0 Å². The van der Waals surface area contributed by atoms with Crippen molar-refractivity contribution in [1.29, 1.82) is 0 Å². The molecule has 0 radical (unpaired) electrons. The Morgan fingerprint density at radius 1 is 1.11 bits per heavy atom. The molecule has 0 saturated heterocycles. The molecule has 1 amide bonds. The molecular formula is C23H24N2O3. The van der Waals surface area contributed by atoms with Crippen LogP contribution in [-0.2, 0) is 11.2 Å². The highest BCUT2D eigenvalue weighted by Gasteiger charge is 2.03. The molecule has 0 saturated carbocycles. The van der Waals surface area contributed by atoms with Gasteiger partial charge in [-0.25, -0.2) is 0 Å². The lowest BCUT2D eigenvalue weighted by Crippen LogP contribution is -2.22. The number of amides is 1. The lowest BCUT2D eigenvalue weighted by Gasteiger charge is -2.08. The van der Waals surface area contributed by atoms with Gasteiger partial charge >= 0.3 is 0 Å². The molecule has 0 aliphatic heterocycles. The van der Waals surface area contributed by atoms with Crippen LogP contribution < -0.4 is 15.6 Å². The van der Waals surface area contributed by atoms with E-state index >= 15 is 0 Å². The molecule has 0 unspecified atom stereocenters. The Morgan fingerprint density at radius 2 is 1.89 bits per heavy atom. The normalized spacial score (nSPS) is 11.0. The maximum atomic E-state index is 12.1. The predicted molar refractivity (Wildman–Crippen MR) is 113 cm³/mol. The number of unbranched alkanes of at least 4 members (excludes halogenated alkanes) is 1. The van der Waals surface area contributed by atoms with Crippen LogP contribution in [0.5, 0.6) is 5.75 Å². The quantitative estimate of drug-likeness (QED) is 0.465. The highest BCUT2D eigenvalue weighted by Crippen LogP contribution is 2.19. The van der Waals surface area contributed by atoms with E-state index in [4.69, 9.17) is 4.74 Å². The summed E-state index contributed by atoms with van der Waals surface area (Å²) in [4.78, 5) is 26.9. The smallest absolute Gasteiger partial charge is 0.255 e. The molecule has 5 heteroatoms. The molecule has 0 aliphatic carbocycles. The number of carbonyl (C=O) groups is 1. The fourth-order valence-electron chi connectivity index (χ4n) is 3.07. The first kappa shape index (κ1) is 19.4. The summed E-state index contributed by atoms with van der Waals surface area (Å²) >= 11 is 0. The highest BCUT2D eigenvalue weighted by molar-refractivity contribution is 5.92. The third-order valence-electron chi connectivity index (χ3n) is 4.56. The number of benzene rings is 2. The number of hydrogen-bond acceptors (Lipinski definition) is 3. The molecule has 5 nitrogen and oxygen atoms in total. The molecule has 2 aromatic carbocycles. The number of aromatic amines is 1. The average Bonchev–Trinajstić information content (AvgIpc) is 2.72. The van der Waals surface area contributed by atoms with E-state index in [1.165, 1.54) is 11.6 Å². The number of aryl methyl sites for hydroxylation is 1. The first-order valence-electron chi connectivity index (χ1n) is 9.37. The molecular weight excluding hydrogens is 352 g/mol. The van der Waals surface area contributed by atoms with Crippen molar-refractivity contribution in [2.45, 2.75) is 19.3 Å². The summed E-state index contributed by atoms with van der Waals surface area (Å²) in [6, 6.07) is 17.3. The van der Waals surface area contributed by atoms with Gasteiger partial charge in [0.1, 0.15) is 5.75 Å². The summed E-state index contributed by atoms with van der Waals surface area (Å²) in [5.41, 5.74) is 2.21. The summed E-state index contributed by atoms with van der Waals surface area (Å²) in [5.74, 6) is 0.694. The zero-order valence-electron chi connectivity index (χ0n) is 15.9. The molecule has 28 heavy (non-hydrogen) atoms. The maximum Gasteiger partial charge on any atom is 0.255 e. The fraction of sp³-hybridized carbons (Fsp3) is 0.217.